The van der Waals surface area contributed by atoms with Crippen LogP contribution in [0.5, 0.6) is 0 Å². The molecule has 3 heterocycles. The number of carbonyl (C=O) groups is 2. The van der Waals surface area contributed by atoms with Crippen molar-refractivity contribution >= 4 is 34.8 Å². The Morgan fingerprint density at radius 2 is 1.67 bits per heavy atom. The lowest BCUT2D eigenvalue weighted by atomic mass is 9.89. The molecule has 30 heavy (non-hydrogen) atoms. The molecule has 3 saturated heterocycles. The Morgan fingerprint density at radius 1 is 1.00 bits per heavy atom. The van der Waals surface area contributed by atoms with Crippen molar-refractivity contribution in [3.05, 3.63) is 68.7 Å². The Balaban J connectivity index is 1.58. The summed E-state index contributed by atoms with van der Waals surface area (Å²) in [5, 5.41) is 15.4. The number of rotatable bonds is 3. The van der Waals surface area contributed by atoms with Crippen LogP contribution in [-0.4, -0.2) is 45.9 Å². The molecule has 154 valence electrons. The van der Waals surface area contributed by atoms with Gasteiger partial charge in [0.25, 0.3) is 11.6 Å². The van der Waals surface area contributed by atoms with Crippen LogP contribution in [0.2, 0.25) is 5.02 Å². The van der Waals surface area contributed by atoms with Crippen LogP contribution in [0.4, 0.5) is 11.4 Å². The zero-order chi connectivity index (χ0) is 21.2. The van der Waals surface area contributed by atoms with Gasteiger partial charge in [0, 0.05) is 19.2 Å². The zero-order valence-corrected chi connectivity index (χ0v) is 17.0. The highest BCUT2D eigenvalue weighted by molar-refractivity contribution is 6.33. The topological polar surface area (TPSA) is 87.0 Å². The minimum atomic E-state index is -0.616. The lowest BCUT2D eigenvalue weighted by molar-refractivity contribution is -0.384. The second-order valence-electron chi connectivity index (χ2n) is 7.91. The van der Waals surface area contributed by atoms with Gasteiger partial charge in [0.05, 0.1) is 22.6 Å². The molecular weight excluding hydrogens is 408 g/mol. The zero-order valence-electron chi connectivity index (χ0n) is 16.2. The van der Waals surface area contributed by atoms with Crippen molar-refractivity contribution in [3.63, 3.8) is 0 Å². The van der Waals surface area contributed by atoms with Gasteiger partial charge in [0.2, 0.25) is 5.91 Å². The fourth-order valence-corrected chi connectivity index (χ4v) is 5.10. The minimum Gasteiger partial charge on any atom is -0.274 e. The number of nitro groups is 1. The summed E-state index contributed by atoms with van der Waals surface area (Å²) in [5.41, 5.74) is 1.97. The van der Waals surface area contributed by atoms with Crippen LogP contribution < -0.4 is 4.90 Å². The maximum absolute atomic E-state index is 13.5. The number of benzene rings is 2. The standard InChI is InChI=1S/C21H19ClN4O4/c1-12-3-5-13(6-4-12)18-17-19(24-10-2-9-23(18)24)21(28)25(20(17)27)14-7-8-15(22)16(11-14)26(29)30/h3-8,11,17-19H,2,9-10H2,1H3. The number of nitro benzene ring substituents is 1. The number of halogens is 1. The second-order valence-corrected chi connectivity index (χ2v) is 8.32. The molecule has 0 bridgehead atoms. The SMILES string of the molecule is Cc1ccc(C2C3C(=O)N(c4ccc(Cl)c([N+](=O)[O-])c4)C(=O)C3N3CCCN23)cc1. The van der Waals surface area contributed by atoms with E-state index in [0.29, 0.717) is 6.54 Å². The molecule has 5 rings (SSSR count). The number of hydrogen-bond donors (Lipinski definition) is 0. The summed E-state index contributed by atoms with van der Waals surface area (Å²) in [6.45, 7) is 3.50. The van der Waals surface area contributed by atoms with E-state index in [1.54, 1.807) is 0 Å². The highest BCUT2D eigenvalue weighted by Crippen LogP contribution is 2.49. The van der Waals surface area contributed by atoms with E-state index in [0.717, 1.165) is 29.0 Å². The predicted molar refractivity (Wildman–Crippen MR) is 110 cm³/mol. The van der Waals surface area contributed by atoms with Gasteiger partial charge in [0.15, 0.2) is 0 Å². The number of imide groups is 1. The molecule has 9 heteroatoms. The second kappa shape index (κ2) is 6.87. The number of aryl methyl sites for hydroxylation is 1. The normalized spacial score (nSPS) is 26.3. The third-order valence-corrected chi connectivity index (χ3v) is 6.53. The molecule has 8 nitrogen and oxygen atoms in total. The van der Waals surface area contributed by atoms with Crippen LogP contribution in [0.15, 0.2) is 42.5 Å². The number of carbonyl (C=O) groups excluding carboxylic acids is 2. The number of fused-ring (bicyclic) bond motifs is 3. The van der Waals surface area contributed by atoms with Gasteiger partial charge >= 0.3 is 0 Å². The lowest BCUT2D eigenvalue weighted by Gasteiger charge is -2.29. The summed E-state index contributed by atoms with van der Waals surface area (Å²) in [6, 6.07) is 11.2. The molecule has 0 radical (unpaired) electrons. The maximum atomic E-state index is 13.5. The summed E-state index contributed by atoms with van der Waals surface area (Å²) in [4.78, 5) is 38.6. The van der Waals surface area contributed by atoms with Gasteiger partial charge in [-0.1, -0.05) is 41.4 Å². The van der Waals surface area contributed by atoms with Crippen molar-refractivity contribution in [2.75, 3.05) is 18.0 Å². The Kier molecular flexibility index (Phi) is 4.39. The fraction of sp³-hybridized carbons (Fsp3) is 0.333. The summed E-state index contributed by atoms with van der Waals surface area (Å²) in [6.07, 6.45) is 0.916. The monoisotopic (exact) mass is 426 g/mol. The van der Waals surface area contributed by atoms with Gasteiger partial charge in [-0.25, -0.2) is 14.9 Å². The van der Waals surface area contributed by atoms with Gasteiger partial charge in [-0.3, -0.25) is 19.7 Å². The van der Waals surface area contributed by atoms with E-state index >= 15 is 0 Å². The third kappa shape index (κ3) is 2.68. The average Bonchev–Trinajstić information content (AvgIpc) is 3.36. The van der Waals surface area contributed by atoms with Crippen LogP contribution >= 0.6 is 11.6 Å². The fourth-order valence-electron chi connectivity index (χ4n) is 4.91. The average molecular weight is 427 g/mol. The predicted octanol–water partition coefficient (Wildman–Crippen LogP) is 3.09. The van der Waals surface area contributed by atoms with Crippen molar-refractivity contribution in [2.24, 2.45) is 5.92 Å². The van der Waals surface area contributed by atoms with Crippen molar-refractivity contribution < 1.29 is 14.5 Å². The molecular formula is C21H19ClN4O4. The molecule has 0 aliphatic carbocycles. The molecule has 3 unspecified atom stereocenters. The largest absolute Gasteiger partial charge is 0.289 e. The van der Waals surface area contributed by atoms with Gasteiger partial charge in [0.1, 0.15) is 11.1 Å². The molecule has 3 atom stereocenters. The number of hydrogen-bond acceptors (Lipinski definition) is 6. The minimum absolute atomic E-state index is 0.0358. The van der Waals surface area contributed by atoms with Crippen LogP contribution in [0.1, 0.15) is 23.6 Å². The maximum Gasteiger partial charge on any atom is 0.289 e. The number of anilines is 1. The first-order valence-corrected chi connectivity index (χ1v) is 10.2. The first kappa shape index (κ1) is 19.2. The Bertz CT molecular complexity index is 1070. The summed E-state index contributed by atoms with van der Waals surface area (Å²) in [5.74, 6) is -1.24. The van der Waals surface area contributed by atoms with Crippen molar-refractivity contribution in [2.45, 2.75) is 25.4 Å². The molecule has 2 aromatic rings. The van der Waals surface area contributed by atoms with Crippen LogP contribution in [-0.2, 0) is 9.59 Å². The molecule has 3 fully saturated rings. The molecule has 0 saturated carbocycles. The van der Waals surface area contributed by atoms with E-state index in [-0.39, 0.29) is 34.3 Å². The quantitative estimate of drug-likeness (QED) is 0.426. The number of amides is 2. The summed E-state index contributed by atoms with van der Waals surface area (Å²) in [7, 11) is 0. The molecule has 0 aromatic heterocycles. The van der Waals surface area contributed by atoms with Crippen LogP contribution in [0, 0.1) is 23.0 Å². The van der Waals surface area contributed by atoms with Crippen molar-refractivity contribution in [3.8, 4) is 0 Å². The van der Waals surface area contributed by atoms with E-state index in [9.17, 15) is 19.7 Å². The van der Waals surface area contributed by atoms with Gasteiger partial charge in [-0.2, -0.15) is 0 Å². The van der Waals surface area contributed by atoms with E-state index < -0.39 is 16.9 Å². The number of hydrazine groups is 1. The van der Waals surface area contributed by atoms with E-state index in [1.165, 1.54) is 18.2 Å². The van der Waals surface area contributed by atoms with Gasteiger partial charge in [-0.05, 0) is 31.0 Å². The Labute approximate surface area is 177 Å². The highest BCUT2D eigenvalue weighted by atomic mass is 35.5. The van der Waals surface area contributed by atoms with E-state index in [1.807, 2.05) is 36.2 Å². The lowest BCUT2D eigenvalue weighted by Crippen LogP contribution is -2.44. The van der Waals surface area contributed by atoms with Crippen LogP contribution in [0.25, 0.3) is 0 Å². The van der Waals surface area contributed by atoms with Gasteiger partial charge in [-0.15, -0.1) is 0 Å². The van der Waals surface area contributed by atoms with Crippen LogP contribution in [0.3, 0.4) is 0 Å². The Hall–Kier alpha value is -2.81. The van der Waals surface area contributed by atoms with Gasteiger partial charge < -0.3 is 0 Å². The first-order chi connectivity index (χ1) is 14.4. The summed E-state index contributed by atoms with van der Waals surface area (Å²) >= 11 is 5.91. The third-order valence-electron chi connectivity index (χ3n) is 6.21. The first-order valence-electron chi connectivity index (χ1n) is 9.80. The molecule has 3 aliphatic rings. The molecule has 2 aromatic carbocycles. The molecule has 2 amide bonds. The van der Waals surface area contributed by atoms with E-state index in [4.69, 9.17) is 11.6 Å². The smallest absolute Gasteiger partial charge is 0.274 e. The molecule has 3 aliphatic heterocycles. The van der Waals surface area contributed by atoms with Crippen molar-refractivity contribution in [1.82, 2.24) is 10.0 Å². The summed E-state index contributed by atoms with van der Waals surface area (Å²) < 4.78 is 0. The highest BCUT2D eigenvalue weighted by Gasteiger charge is 2.62. The van der Waals surface area contributed by atoms with Crippen molar-refractivity contribution in [1.29, 1.82) is 0 Å². The molecule has 0 spiro atoms. The molecule has 0 N–H and O–H groups in total. The van der Waals surface area contributed by atoms with E-state index in [2.05, 4.69) is 5.01 Å². The number of nitrogens with zero attached hydrogens (tertiary/aromatic N) is 4. The Morgan fingerprint density at radius 3 is 2.33 bits per heavy atom.